The molecule has 1 fully saturated rings. The number of amides is 2. The molecule has 0 spiro atoms. The lowest BCUT2D eigenvalue weighted by atomic mass is 9.79. The van der Waals surface area contributed by atoms with E-state index >= 15 is 0 Å². The zero-order valence-electron chi connectivity index (χ0n) is 19.1. The lowest BCUT2D eigenvalue weighted by Gasteiger charge is -2.42. The summed E-state index contributed by atoms with van der Waals surface area (Å²) in [5, 5.41) is 3.75. The first-order valence-corrected chi connectivity index (χ1v) is 12.2. The second kappa shape index (κ2) is 11.1. The predicted octanol–water partition coefficient (Wildman–Crippen LogP) is 3.87. The number of nitrogens with one attached hydrogen (secondary N) is 1. The Morgan fingerprint density at radius 3 is 2.67 bits per heavy atom. The molecule has 2 unspecified atom stereocenters. The van der Waals surface area contributed by atoms with Gasteiger partial charge in [-0.1, -0.05) is 55.3 Å². The summed E-state index contributed by atoms with van der Waals surface area (Å²) < 4.78 is 5.41. The molecule has 6 nitrogen and oxygen atoms in total. The predicted molar refractivity (Wildman–Crippen MR) is 130 cm³/mol. The molecule has 33 heavy (non-hydrogen) atoms. The highest BCUT2D eigenvalue weighted by molar-refractivity contribution is 6.30. The molecule has 2 aliphatic rings. The third kappa shape index (κ3) is 5.40. The maximum absolute atomic E-state index is 13.7. The largest absolute Gasteiger partial charge is 0.379 e. The van der Waals surface area contributed by atoms with Crippen LogP contribution in [0.25, 0.3) is 0 Å². The van der Waals surface area contributed by atoms with Crippen LogP contribution in [0.1, 0.15) is 53.2 Å². The number of hydrogen-bond acceptors (Lipinski definition) is 4. The van der Waals surface area contributed by atoms with Crippen LogP contribution in [0, 0.1) is 0 Å². The van der Waals surface area contributed by atoms with Crippen molar-refractivity contribution in [3.05, 3.63) is 70.2 Å². The number of morpholine rings is 1. The van der Waals surface area contributed by atoms with Crippen LogP contribution in [0.5, 0.6) is 0 Å². The van der Waals surface area contributed by atoms with Crippen LogP contribution in [0.3, 0.4) is 0 Å². The summed E-state index contributed by atoms with van der Waals surface area (Å²) in [4.78, 5) is 31.4. The Labute approximate surface area is 200 Å². The normalized spacial score (nSPS) is 21.0. The minimum absolute atomic E-state index is 0.0265. The SMILES string of the molecule is CCCCN1C(=O)c2ccccc2C(C(=O)NCCN2CCOCC2)C1c1cccc(Cl)c1. The van der Waals surface area contributed by atoms with Gasteiger partial charge in [-0.3, -0.25) is 14.5 Å². The molecule has 2 amide bonds. The topological polar surface area (TPSA) is 61.9 Å². The first-order valence-electron chi connectivity index (χ1n) is 11.8. The molecule has 1 N–H and O–H groups in total. The molecule has 7 heteroatoms. The number of hydrogen-bond donors (Lipinski definition) is 1. The summed E-state index contributed by atoms with van der Waals surface area (Å²) >= 11 is 6.33. The molecule has 0 aromatic heterocycles. The third-order valence-electron chi connectivity index (χ3n) is 6.49. The Hall–Kier alpha value is -2.41. The number of rotatable bonds is 8. The standard InChI is InChI=1S/C26H32ClN3O3/c1-2-3-12-30-24(19-7-6-8-20(27)18-19)23(21-9-4-5-10-22(21)26(30)32)25(31)28-11-13-29-14-16-33-17-15-29/h4-10,18,23-24H,2-3,11-17H2,1H3,(H,28,31). The smallest absolute Gasteiger partial charge is 0.254 e. The zero-order chi connectivity index (χ0) is 23.2. The summed E-state index contributed by atoms with van der Waals surface area (Å²) in [5.41, 5.74) is 2.28. The number of halogens is 1. The van der Waals surface area contributed by atoms with Crippen LogP contribution >= 0.6 is 11.6 Å². The molecule has 0 radical (unpaired) electrons. The van der Waals surface area contributed by atoms with Crippen molar-refractivity contribution in [3.8, 4) is 0 Å². The quantitative estimate of drug-likeness (QED) is 0.637. The lowest BCUT2D eigenvalue weighted by Crippen LogP contribution is -2.49. The van der Waals surface area contributed by atoms with Crippen molar-refractivity contribution in [3.63, 3.8) is 0 Å². The summed E-state index contributed by atoms with van der Waals surface area (Å²) in [7, 11) is 0. The average Bonchev–Trinajstić information content (AvgIpc) is 2.84. The van der Waals surface area contributed by atoms with E-state index in [2.05, 4.69) is 17.1 Å². The van der Waals surface area contributed by atoms with Crippen LogP contribution in [0.15, 0.2) is 48.5 Å². The van der Waals surface area contributed by atoms with E-state index in [-0.39, 0.29) is 11.8 Å². The van der Waals surface area contributed by atoms with Crippen LogP contribution in [0.2, 0.25) is 5.02 Å². The Morgan fingerprint density at radius 1 is 1.12 bits per heavy atom. The van der Waals surface area contributed by atoms with Crippen LogP contribution < -0.4 is 5.32 Å². The fraction of sp³-hybridized carbons (Fsp3) is 0.462. The van der Waals surface area contributed by atoms with Crippen molar-refractivity contribution in [2.75, 3.05) is 45.9 Å². The molecule has 2 aromatic rings. The second-order valence-corrected chi connectivity index (χ2v) is 9.10. The van der Waals surface area contributed by atoms with Crippen molar-refractivity contribution in [2.24, 2.45) is 0 Å². The molecule has 1 saturated heterocycles. The minimum atomic E-state index is -0.501. The van der Waals surface area contributed by atoms with E-state index in [0.717, 1.165) is 56.8 Å². The van der Waals surface area contributed by atoms with Gasteiger partial charge in [0.1, 0.15) is 0 Å². The highest BCUT2D eigenvalue weighted by Crippen LogP contribution is 2.43. The summed E-state index contributed by atoms with van der Waals surface area (Å²) in [6, 6.07) is 14.6. The van der Waals surface area contributed by atoms with Crippen LogP contribution in [0.4, 0.5) is 0 Å². The van der Waals surface area contributed by atoms with Gasteiger partial charge < -0.3 is 15.0 Å². The Balaban J connectivity index is 1.65. The van der Waals surface area contributed by atoms with Gasteiger partial charge in [0.05, 0.1) is 25.2 Å². The van der Waals surface area contributed by atoms with Crippen molar-refractivity contribution >= 4 is 23.4 Å². The molecular formula is C26H32ClN3O3. The van der Waals surface area contributed by atoms with E-state index in [1.807, 2.05) is 53.4 Å². The highest BCUT2D eigenvalue weighted by atomic mass is 35.5. The molecule has 0 aliphatic carbocycles. The van der Waals surface area contributed by atoms with E-state index in [0.29, 0.717) is 23.7 Å². The number of benzene rings is 2. The number of carbonyl (C=O) groups excluding carboxylic acids is 2. The lowest BCUT2D eigenvalue weighted by molar-refractivity contribution is -0.124. The summed E-state index contributed by atoms with van der Waals surface area (Å²) in [6.45, 7) is 7.27. The molecule has 2 heterocycles. The highest BCUT2D eigenvalue weighted by Gasteiger charge is 2.43. The molecule has 2 atom stereocenters. The number of carbonyl (C=O) groups is 2. The molecular weight excluding hydrogens is 438 g/mol. The van der Waals surface area contributed by atoms with E-state index < -0.39 is 12.0 Å². The van der Waals surface area contributed by atoms with Gasteiger partial charge >= 0.3 is 0 Å². The Morgan fingerprint density at radius 2 is 1.91 bits per heavy atom. The van der Waals surface area contributed by atoms with Crippen molar-refractivity contribution in [1.29, 1.82) is 0 Å². The van der Waals surface area contributed by atoms with Crippen molar-refractivity contribution in [1.82, 2.24) is 15.1 Å². The van der Waals surface area contributed by atoms with Gasteiger partial charge in [0, 0.05) is 43.3 Å². The van der Waals surface area contributed by atoms with Crippen LogP contribution in [-0.2, 0) is 9.53 Å². The molecule has 2 aromatic carbocycles. The van der Waals surface area contributed by atoms with E-state index in [9.17, 15) is 9.59 Å². The summed E-state index contributed by atoms with van der Waals surface area (Å²) in [5.74, 6) is -0.588. The average molecular weight is 470 g/mol. The third-order valence-corrected chi connectivity index (χ3v) is 6.73. The fourth-order valence-corrected chi connectivity index (χ4v) is 4.98. The van der Waals surface area contributed by atoms with Gasteiger partial charge in [0.15, 0.2) is 0 Å². The minimum Gasteiger partial charge on any atom is -0.379 e. The number of ether oxygens (including phenoxy) is 1. The van der Waals surface area contributed by atoms with Crippen molar-refractivity contribution in [2.45, 2.75) is 31.7 Å². The molecule has 0 bridgehead atoms. The van der Waals surface area contributed by atoms with Gasteiger partial charge in [-0.25, -0.2) is 0 Å². The van der Waals surface area contributed by atoms with E-state index in [1.54, 1.807) is 0 Å². The molecule has 176 valence electrons. The second-order valence-electron chi connectivity index (χ2n) is 8.66. The fourth-order valence-electron chi connectivity index (χ4n) is 4.78. The first-order chi connectivity index (χ1) is 16.1. The van der Waals surface area contributed by atoms with Gasteiger partial charge in [-0.05, 0) is 35.7 Å². The molecule has 2 aliphatic heterocycles. The van der Waals surface area contributed by atoms with Gasteiger partial charge in [-0.15, -0.1) is 0 Å². The van der Waals surface area contributed by atoms with Gasteiger partial charge in [0.25, 0.3) is 5.91 Å². The number of nitrogens with zero attached hydrogens (tertiary/aromatic N) is 2. The number of fused-ring (bicyclic) bond motifs is 1. The van der Waals surface area contributed by atoms with Crippen LogP contribution in [-0.4, -0.2) is 67.6 Å². The maximum atomic E-state index is 13.7. The van der Waals surface area contributed by atoms with E-state index in [1.165, 1.54) is 0 Å². The summed E-state index contributed by atoms with van der Waals surface area (Å²) in [6.07, 6.45) is 1.83. The Bertz CT molecular complexity index is 977. The monoisotopic (exact) mass is 469 g/mol. The molecule has 4 rings (SSSR count). The number of unbranched alkanes of at least 4 members (excludes halogenated alkanes) is 1. The zero-order valence-corrected chi connectivity index (χ0v) is 19.9. The van der Waals surface area contributed by atoms with Gasteiger partial charge in [-0.2, -0.15) is 0 Å². The van der Waals surface area contributed by atoms with Gasteiger partial charge in [0.2, 0.25) is 5.91 Å². The maximum Gasteiger partial charge on any atom is 0.254 e. The Kier molecular flexibility index (Phi) is 8.02. The van der Waals surface area contributed by atoms with Crippen molar-refractivity contribution < 1.29 is 14.3 Å². The molecule has 0 saturated carbocycles. The first kappa shape index (κ1) is 23.7. The van der Waals surface area contributed by atoms with E-state index in [4.69, 9.17) is 16.3 Å².